The SMILES string of the molecule is NC1(C(=O)Cc2cccc(Cl)c2)CCCCC1. The Bertz CT molecular complexity index is 410. The fourth-order valence-corrected chi connectivity index (χ4v) is 2.68. The Morgan fingerprint density at radius 2 is 2.00 bits per heavy atom. The Morgan fingerprint density at radius 1 is 1.29 bits per heavy atom. The molecule has 0 unspecified atom stereocenters. The molecule has 0 radical (unpaired) electrons. The van der Waals surface area contributed by atoms with Crippen molar-refractivity contribution in [3.05, 3.63) is 34.9 Å². The third kappa shape index (κ3) is 3.08. The van der Waals surface area contributed by atoms with Gasteiger partial charge in [0, 0.05) is 11.4 Å². The van der Waals surface area contributed by atoms with E-state index in [1.807, 2.05) is 24.3 Å². The molecule has 1 fully saturated rings. The maximum absolute atomic E-state index is 12.2. The van der Waals surface area contributed by atoms with Crippen LogP contribution in [-0.2, 0) is 11.2 Å². The third-order valence-corrected chi connectivity index (χ3v) is 3.79. The first kappa shape index (κ1) is 12.6. The molecule has 1 aliphatic carbocycles. The van der Waals surface area contributed by atoms with Crippen LogP contribution in [0.1, 0.15) is 37.7 Å². The first-order valence-corrected chi connectivity index (χ1v) is 6.55. The molecule has 2 N–H and O–H groups in total. The van der Waals surface area contributed by atoms with Gasteiger partial charge < -0.3 is 5.73 Å². The average Bonchev–Trinajstić information content (AvgIpc) is 2.30. The van der Waals surface area contributed by atoms with Gasteiger partial charge in [-0.3, -0.25) is 4.79 Å². The number of benzene rings is 1. The summed E-state index contributed by atoms with van der Waals surface area (Å²) in [5, 5.41) is 0.671. The molecule has 0 heterocycles. The lowest BCUT2D eigenvalue weighted by molar-refractivity contribution is -0.124. The smallest absolute Gasteiger partial charge is 0.156 e. The Balaban J connectivity index is 2.05. The van der Waals surface area contributed by atoms with Gasteiger partial charge in [0.2, 0.25) is 0 Å². The normalized spacial score (nSPS) is 18.9. The molecule has 17 heavy (non-hydrogen) atoms. The predicted octanol–water partition coefficient (Wildman–Crippen LogP) is 3.11. The number of hydrogen-bond acceptors (Lipinski definition) is 2. The van der Waals surface area contributed by atoms with Gasteiger partial charge in [-0.15, -0.1) is 0 Å². The summed E-state index contributed by atoms with van der Waals surface area (Å²) >= 11 is 5.91. The molecule has 2 nitrogen and oxygen atoms in total. The Morgan fingerprint density at radius 3 is 2.65 bits per heavy atom. The molecule has 1 saturated carbocycles. The van der Waals surface area contributed by atoms with Crippen molar-refractivity contribution in [2.75, 3.05) is 0 Å². The molecule has 0 atom stereocenters. The van der Waals surface area contributed by atoms with Gasteiger partial charge in [0.25, 0.3) is 0 Å². The van der Waals surface area contributed by atoms with Crippen molar-refractivity contribution in [2.45, 2.75) is 44.1 Å². The molecule has 0 bridgehead atoms. The lowest BCUT2D eigenvalue weighted by atomic mass is 9.78. The van der Waals surface area contributed by atoms with E-state index in [9.17, 15) is 4.79 Å². The number of carbonyl (C=O) groups excluding carboxylic acids is 1. The van der Waals surface area contributed by atoms with E-state index >= 15 is 0 Å². The monoisotopic (exact) mass is 251 g/mol. The van der Waals surface area contributed by atoms with Gasteiger partial charge in [-0.1, -0.05) is 43.0 Å². The molecule has 92 valence electrons. The number of Topliss-reactive ketones (excluding diaryl/α,β-unsaturated/α-hetero) is 1. The highest BCUT2D eigenvalue weighted by atomic mass is 35.5. The first-order chi connectivity index (χ1) is 8.10. The Kier molecular flexibility index (Phi) is 3.85. The van der Waals surface area contributed by atoms with Crippen molar-refractivity contribution in [3.8, 4) is 0 Å². The minimum atomic E-state index is -0.597. The van der Waals surface area contributed by atoms with E-state index in [1.165, 1.54) is 6.42 Å². The van der Waals surface area contributed by atoms with Crippen LogP contribution in [0, 0.1) is 0 Å². The van der Waals surface area contributed by atoms with Crippen molar-refractivity contribution < 1.29 is 4.79 Å². The van der Waals surface area contributed by atoms with E-state index in [1.54, 1.807) is 0 Å². The fraction of sp³-hybridized carbons (Fsp3) is 0.500. The van der Waals surface area contributed by atoms with Crippen LogP contribution in [0.4, 0.5) is 0 Å². The standard InChI is InChI=1S/C14H18ClNO/c15-12-6-4-5-11(9-12)10-13(17)14(16)7-2-1-3-8-14/h4-6,9H,1-3,7-8,10,16H2. The molecule has 0 saturated heterocycles. The van der Waals surface area contributed by atoms with Crippen molar-refractivity contribution >= 4 is 17.4 Å². The summed E-state index contributed by atoms with van der Waals surface area (Å²) in [5.41, 5.74) is 6.57. The highest BCUT2D eigenvalue weighted by molar-refractivity contribution is 6.30. The molecule has 2 rings (SSSR count). The molecule has 1 aliphatic rings. The van der Waals surface area contributed by atoms with Gasteiger partial charge in [0.15, 0.2) is 5.78 Å². The summed E-state index contributed by atoms with van der Waals surface area (Å²) in [7, 11) is 0. The summed E-state index contributed by atoms with van der Waals surface area (Å²) < 4.78 is 0. The zero-order valence-electron chi connectivity index (χ0n) is 9.92. The van der Waals surface area contributed by atoms with Crippen LogP contribution in [-0.4, -0.2) is 11.3 Å². The Labute approximate surface area is 107 Å². The van der Waals surface area contributed by atoms with Crippen LogP contribution >= 0.6 is 11.6 Å². The Hall–Kier alpha value is -0.860. The number of hydrogen-bond donors (Lipinski definition) is 1. The second-order valence-corrected chi connectivity index (χ2v) is 5.38. The molecule has 0 aromatic heterocycles. The molecule has 0 spiro atoms. The van der Waals surface area contributed by atoms with Crippen LogP contribution in [0.2, 0.25) is 5.02 Å². The topological polar surface area (TPSA) is 43.1 Å². The first-order valence-electron chi connectivity index (χ1n) is 6.17. The second-order valence-electron chi connectivity index (χ2n) is 4.95. The summed E-state index contributed by atoms with van der Waals surface area (Å²) in [6, 6.07) is 7.45. The van der Waals surface area contributed by atoms with E-state index in [0.29, 0.717) is 11.4 Å². The largest absolute Gasteiger partial charge is 0.319 e. The van der Waals surface area contributed by atoms with Crippen LogP contribution in [0.3, 0.4) is 0 Å². The molecular weight excluding hydrogens is 234 g/mol. The summed E-state index contributed by atoms with van der Waals surface area (Å²) in [5.74, 6) is 0.152. The van der Waals surface area contributed by atoms with Crippen molar-refractivity contribution in [1.82, 2.24) is 0 Å². The van der Waals surface area contributed by atoms with E-state index in [2.05, 4.69) is 0 Å². The van der Waals surface area contributed by atoms with Gasteiger partial charge in [0.1, 0.15) is 0 Å². The minimum Gasteiger partial charge on any atom is -0.319 e. The highest BCUT2D eigenvalue weighted by Gasteiger charge is 2.34. The lowest BCUT2D eigenvalue weighted by Gasteiger charge is -2.31. The fourth-order valence-electron chi connectivity index (χ4n) is 2.47. The van der Waals surface area contributed by atoms with Crippen molar-refractivity contribution in [3.63, 3.8) is 0 Å². The number of nitrogens with two attached hydrogens (primary N) is 1. The molecule has 1 aromatic rings. The highest BCUT2D eigenvalue weighted by Crippen LogP contribution is 2.28. The zero-order chi connectivity index (χ0) is 12.3. The minimum absolute atomic E-state index is 0.152. The molecule has 0 amide bonds. The van der Waals surface area contributed by atoms with Crippen LogP contribution in [0.5, 0.6) is 0 Å². The lowest BCUT2D eigenvalue weighted by Crippen LogP contribution is -2.50. The third-order valence-electron chi connectivity index (χ3n) is 3.55. The van der Waals surface area contributed by atoms with Gasteiger partial charge in [0.05, 0.1) is 5.54 Å². The van der Waals surface area contributed by atoms with Crippen LogP contribution < -0.4 is 5.73 Å². The van der Waals surface area contributed by atoms with Gasteiger partial charge >= 0.3 is 0 Å². The average molecular weight is 252 g/mol. The molecule has 0 aliphatic heterocycles. The summed E-state index contributed by atoms with van der Waals surface area (Å²) in [6.07, 6.45) is 5.38. The quantitative estimate of drug-likeness (QED) is 0.897. The van der Waals surface area contributed by atoms with Crippen molar-refractivity contribution in [2.24, 2.45) is 5.73 Å². The summed E-state index contributed by atoms with van der Waals surface area (Å²) in [6.45, 7) is 0. The molecule has 1 aromatic carbocycles. The number of carbonyl (C=O) groups is 1. The van der Waals surface area contributed by atoms with E-state index < -0.39 is 5.54 Å². The van der Waals surface area contributed by atoms with Crippen LogP contribution in [0.25, 0.3) is 0 Å². The van der Waals surface area contributed by atoms with E-state index in [-0.39, 0.29) is 5.78 Å². The number of ketones is 1. The zero-order valence-corrected chi connectivity index (χ0v) is 10.7. The molecular formula is C14H18ClNO. The number of halogens is 1. The van der Waals surface area contributed by atoms with Gasteiger partial charge in [-0.05, 0) is 30.5 Å². The number of rotatable bonds is 3. The van der Waals surface area contributed by atoms with Gasteiger partial charge in [-0.25, -0.2) is 0 Å². The maximum Gasteiger partial charge on any atom is 0.156 e. The van der Waals surface area contributed by atoms with E-state index in [0.717, 1.165) is 31.2 Å². The predicted molar refractivity (Wildman–Crippen MR) is 70.2 cm³/mol. The maximum atomic E-state index is 12.2. The van der Waals surface area contributed by atoms with E-state index in [4.69, 9.17) is 17.3 Å². The summed E-state index contributed by atoms with van der Waals surface area (Å²) in [4.78, 5) is 12.2. The molecule has 3 heteroatoms. The van der Waals surface area contributed by atoms with Crippen LogP contribution in [0.15, 0.2) is 24.3 Å². The van der Waals surface area contributed by atoms with Crippen molar-refractivity contribution in [1.29, 1.82) is 0 Å². The second kappa shape index (κ2) is 5.19. The van der Waals surface area contributed by atoms with Gasteiger partial charge in [-0.2, -0.15) is 0 Å².